The predicted molar refractivity (Wildman–Crippen MR) is 83.8 cm³/mol. The highest BCUT2D eigenvalue weighted by Crippen LogP contribution is 2.27. The summed E-state index contributed by atoms with van der Waals surface area (Å²) in [7, 11) is -3.42. The van der Waals surface area contributed by atoms with Crippen molar-refractivity contribution in [3.8, 4) is 0 Å². The lowest BCUT2D eigenvalue weighted by molar-refractivity contribution is 0.0719. The predicted octanol–water partition coefficient (Wildman–Crippen LogP) is 0.934. The first kappa shape index (κ1) is 15.7. The van der Waals surface area contributed by atoms with Crippen LogP contribution in [0.15, 0.2) is 5.38 Å². The molecule has 1 amide bonds. The number of hydrogen-bond donors (Lipinski definition) is 0. The molecule has 0 aromatic carbocycles. The zero-order valence-electron chi connectivity index (χ0n) is 12.4. The van der Waals surface area contributed by atoms with Gasteiger partial charge in [0.1, 0.15) is 11.8 Å². The maximum absolute atomic E-state index is 12.3. The number of hydrogen-bond acceptors (Lipinski definition) is 7. The Morgan fingerprint density at radius 3 is 2.64 bits per heavy atom. The fraction of sp³-hybridized carbons (Fsp3) is 0.692. The molecule has 0 atom stereocenters. The number of carbonyl (C=O) groups is 1. The molecule has 7 nitrogen and oxygen atoms in total. The van der Waals surface area contributed by atoms with E-state index in [-0.39, 0.29) is 12.0 Å². The summed E-state index contributed by atoms with van der Waals surface area (Å²) in [5.41, 5.74) is 0.481. The molecule has 2 aliphatic rings. The number of carbonyl (C=O) groups excluding carboxylic acids is 1. The first-order chi connectivity index (χ1) is 10.4. The van der Waals surface area contributed by atoms with Crippen molar-refractivity contribution in [2.24, 2.45) is 0 Å². The summed E-state index contributed by atoms with van der Waals surface area (Å²) in [6.45, 7) is 2.58. The molecule has 2 fully saturated rings. The van der Waals surface area contributed by atoms with Crippen LogP contribution in [-0.2, 0) is 14.3 Å². The van der Waals surface area contributed by atoms with E-state index in [1.54, 1.807) is 5.38 Å². The van der Waals surface area contributed by atoms with E-state index in [1.807, 2.05) is 9.80 Å². The number of nitrogens with zero attached hydrogens (tertiary/aromatic N) is 3. The van der Waals surface area contributed by atoms with E-state index >= 15 is 0 Å². The molecule has 2 aliphatic heterocycles. The Bertz CT molecular complexity index is 646. The Morgan fingerprint density at radius 2 is 2.00 bits per heavy atom. The summed E-state index contributed by atoms with van der Waals surface area (Å²) in [4.78, 5) is 20.5. The second-order valence-electron chi connectivity index (χ2n) is 5.70. The Hall–Kier alpha value is -1.19. The summed E-state index contributed by atoms with van der Waals surface area (Å²) >= 11 is 1.41. The van der Waals surface area contributed by atoms with E-state index in [1.165, 1.54) is 17.8 Å². The van der Waals surface area contributed by atoms with Crippen molar-refractivity contribution in [1.82, 2.24) is 9.88 Å². The van der Waals surface area contributed by atoms with Crippen LogP contribution < -0.4 is 4.90 Å². The molecule has 0 spiro atoms. The molecule has 0 bridgehead atoms. The minimum Gasteiger partial charge on any atom is -0.343 e. The van der Waals surface area contributed by atoms with Gasteiger partial charge in [-0.05, 0) is 19.3 Å². The third-order valence-corrected chi connectivity index (χ3v) is 5.31. The van der Waals surface area contributed by atoms with E-state index < -0.39 is 10.1 Å². The summed E-state index contributed by atoms with van der Waals surface area (Å²) < 4.78 is 27.0. The lowest BCUT2D eigenvalue weighted by atomic mass is 10.1. The molecule has 0 radical (unpaired) electrons. The highest BCUT2D eigenvalue weighted by atomic mass is 32.2. The maximum atomic E-state index is 12.3. The zero-order valence-corrected chi connectivity index (χ0v) is 14.0. The van der Waals surface area contributed by atoms with Gasteiger partial charge in [0.15, 0.2) is 5.13 Å². The number of thiazole rings is 1. The molecule has 0 N–H and O–H groups in total. The molecular weight excluding hydrogens is 326 g/mol. The average molecular weight is 345 g/mol. The van der Waals surface area contributed by atoms with Gasteiger partial charge in [0.05, 0.1) is 6.26 Å². The van der Waals surface area contributed by atoms with E-state index in [0.717, 1.165) is 37.3 Å². The van der Waals surface area contributed by atoms with Crippen molar-refractivity contribution < 1.29 is 17.4 Å². The fourth-order valence-electron chi connectivity index (χ4n) is 2.67. The minimum atomic E-state index is -3.42. The zero-order chi connectivity index (χ0) is 15.7. The first-order valence-corrected chi connectivity index (χ1v) is 10.00. The number of anilines is 1. The molecular formula is C13H19N3O4S2. The van der Waals surface area contributed by atoms with Crippen LogP contribution in [-0.4, -0.2) is 62.7 Å². The van der Waals surface area contributed by atoms with E-state index in [2.05, 4.69) is 4.98 Å². The number of likely N-dealkylation sites (tertiary alicyclic amines) is 1. The molecule has 9 heteroatoms. The second kappa shape index (κ2) is 6.13. The smallest absolute Gasteiger partial charge is 0.273 e. The van der Waals surface area contributed by atoms with Gasteiger partial charge in [-0.3, -0.25) is 8.98 Å². The van der Waals surface area contributed by atoms with Crippen LogP contribution in [0.5, 0.6) is 0 Å². The molecule has 1 aromatic rings. The Morgan fingerprint density at radius 1 is 1.32 bits per heavy atom. The summed E-state index contributed by atoms with van der Waals surface area (Å²) in [5.74, 6) is -0.00772. The van der Waals surface area contributed by atoms with Crippen LogP contribution in [0.4, 0.5) is 5.13 Å². The quantitative estimate of drug-likeness (QED) is 0.756. The SMILES string of the molecule is CS(=O)(=O)OC1CN(c2nc(C(=O)N3CCCCC3)cs2)C1. The second-order valence-corrected chi connectivity index (χ2v) is 8.13. The van der Waals surface area contributed by atoms with Gasteiger partial charge in [-0.2, -0.15) is 8.42 Å². The normalized spacial score (nSPS) is 20.0. The van der Waals surface area contributed by atoms with E-state index in [9.17, 15) is 13.2 Å². The van der Waals surface area contributed by atoms with Crippen molar-refractivity contribution in [3.05, 3.63) is 11.1 Å². The van der Waals surface area contributed by atoms with Crippen LogP contribution in [0.3, 0.4) is 0 Å². The lowest BCUT2D eigenvalue weighted by Crippen LogP contribution is -2.53. The van der Waals surface area contributed by atoms with Gasteiger partial charge >= 0.3 is 0 Å². The number of aromatic nitrogens is 1. The third kappa shape index (κ3) is 3.58. The van der Waals surface area contributed by atoms with Crippen LogP contribution in [0, 0.1) is 0 Å². The van der Waals surface area contributed by atoms with Gasteiger partial charge in [-0.15, -0.1) is 11.3 Å². The molecule has 0 unspecified atom stereocenters. The number of piperidine rings is 1. The van der Waals surface area contributed by atoms with Crippen molar-refractivity contribution in [2.75, 3.05) is 37.3 Å². The highest BCUT2D eigenvalue weighted by Gasteiger charge is 2.33. The Labute approximate surface area is 134 Å². The highest BCUT2D eigenvalue weighted by molar-refractivity contribution is 7.86. The fourth-order valence-corrected chi connectivity index (χ4v) is 4.10. The van der Waals surface area contributed by atoms with E-state index in [4.69, 9.17) is 4.18 Å². The van der Waals surface area contributed by atoms with Crippen LogP contribution >= 0.6 is 11.3 Å². The van der Waals surface area contributed by atoms with Gasteiger partial charge in [0, 0.05) is 31.6 Å². The molecule has 22 heavy (non-hydrogen) atoms. The molecule has 3 rings (SSSR count). The first-order valence-electron chi connectivity index (χ1n) is 7.30. The minimum absolute atomic E-state index is 0.00772. The van der Waals surface area contributed by atoms with Crippen molar-refractivity contribution in [1.29, 1.82) is 0 Å². The molecule has 1 aromatic heterocycles. The van der Waals surface area contributed by atoms with Gasteiger partial charge in [-0.25, -0.2) is 4.98 Å². The summed E-state index contributed by atoms with van der Waals surface area (Å²) in [6, 6.07) is 0. The Balaban J connectivity index is 1.57. The molecule has 0 aliphatic carbocycles. The molecule has 2 saturated heterocycles. The molecule has 0 saturated carbocycles. The number of rotatable bonds is 4. The van der Waals surface area contributed by atoms with Crippen LogP contribution in [0.2, 0.25) is 0 Å². The van der Waals surface area contributed by atoms with Crippen molar-refractivity contribution in [2.45, 2.75) is 25.4 Å². The largest absolute Gasteiger partial charge is 0.343 e. The maximum Gasteiger partial charge on any atom is 0.273 e. The van der Waals surface area contributed by atoms with Crippen LogP contribution in [0.25, 0.3) is 0 Å². The van der Waals surface area contributed by atoms with Gasteiger partial charge in [0.25, 0.3) is 16.0 Å². The van der Waals surface area contributed by atoms with Crippen LogP contribution in [0.1, 0.15) is 29.8 Å². The van der Waals surface area contributed by atoms with E-state index in [0.29, 0.717) is 18.8 Å². The monoisotopic (exact) mass is 345 g/mol. The topological polar surface area (TPSA) is 79.8 Å². The summed E-state index contributed by atoms with van der Waals surface area (Å²) in [5, 5.41) is 2.52. The van der Waals surface area contributed by atoms with Gasteiger partial charge in [0.2, 0.25) is 0 Å². The van der Waals surface area contributed by atoms with Crippen molar-refractivity contribution in [3.63, 3.8) is 0 Å². The van der Waals surface area contributed by atoms with Gasteiger partial charge < -0.3 is 9.80 Å². The lowest BCUT2D eigenvalue weighted by Gasteiger charge is -2.37. The summed E-state index contributed by atoms with van der Waals surface area (Å²) in [6.07, 6.45) is 4.02. The Kier molecular flexibility index (Phi) is 4.37. The molecule has 3 heterocycles. The van der Waals surface area contributed by atoms with Gasteiger partial charge in [-0.1, -0.05) is 0 Å². The van der Waals surface area contributed by atoms with Crippen molar-refractivity contribution >= 4 is 32.5 Å². The average Bonchev–Trinajstić information content (AvgIpc) is 2.91. The standard InChI is InChI=1S/C13H19N3O4S2/c1-22(18,19)20-10-7-16(8-10)13-14-11(9-21-13)12(17)15-5-3-2-4-6-15/h9-10H,2-8H2,1H3. The number of amides is 1. The third-order valence-electron chi connectivity index (χ3n) is 3.78. The molecule has 122 valence electrons.